The Balaban J connectivity index is 1.94. The highest BCUT2D eigenvalue weighted by atomic mass is 35.5. The van der Waals surface area contributed by atoms with Gasteiger partial charge in [0.2, 0.25) is 0 Å². The molecule has 0 saturated heterocycles. The van der Waals surface area contributed by atoms with Crippen molar-refractivity contribution in [3.8, 4) is 0 Å². The van der Waals surface area contributed by atoms with Gasteiger partial charge in [-0.15, -0.1) is 0 Å². The Labute approximate surface area is 129 Å². The molecule has 0 amide bonds. The highest BCUT2D eigenvalue weighted by molar-refractivity contribution is 6.31. The minimum absolute atomic E-state index is 0.0926. The topological polar surface area (TPSA) is 45.7 Å². The number of hydrogen-bond donors (Lipinski definition) is 2. The first-order valence-electron chi connectivity index (χ1n) is 6.99. The fraction of sp³-hybridized carbons (Fsp3) is 0.533. The van der Waals surface area contributed by atoms with Crippen LogP contribution < -0.4 is 10.6 Å². The number of ether oxygens (including phenoxy) is 1. The van der Waals surface area contributed by atoms with Crippen LogP contribution >= 0.6 is 11.6 Å². The third kappa shape index (κ3) is 4.08. The molecule has 1 aromatic rings. The van der Waals surface area contributed by atoms with Gasteiger partial charge in [-0.25, -0.2) is 4.39 Å². The van der Waals surface area contributed by atoms with E-state index in [0.717, 1.165) is 6.42 Å². The molecule has 0 bridgehead atoms. The first-order chi connectivity index (χ1) is 10.1. The fourth-order valence-electron chi connectivity index (χ4n) is 2.41. The minimum atomic E-state index is -0.243. The van der Waals surface area contributed by atoms with E-state index in [1.54, 1.807) is 26.3 Å². The molecular formula is C15H21ClFN3O. The van der Waals surface area contributed by atoms with Crippen molar-refractivity contribution < 1.29 is 9.13 Å². The molecule has 0 heterocycles. The number of hydrogen-bond acceptors (Lipinski definition) is 2. The second-order valence-electron chi connectivity index (χ2n) is 5.30. The van der Waals surface area contributed by atoms with Gasteiger partial charge < -0.3 is 15.4 Å². The Hall–Kier alpha value is -1.33. The largest absolute Gasteiger partial charge is 0.383 e. The number of methoxy groups -OCH3 is 1. The summed E-state index contributed by atoms with van der Waals surface area (Å²) in [5.74, 6) is 0.544. The maximum absolute atomic E-state index is 13.9. The van der Waals surface area contributed by atoms with Gasteiger partial charge in [-0.1, -0.05) is 17.7 Å². The summed E-state index contributed by atoms with van der Waals surface area (Å²) in [6, 6.07) is 5.10. The molecule has 0 radical (unpaired) electrons. The zero-order valence-corrected chi connectivity index (χ0v) is 13.2. The van der Waals surface area contributed by atoms with Gasteiger partial charge >= 0.3 is 0 Å². The quantitative estimate of drug-likeness (QED) is 0.648. The summed E-state index contributed by atoms with van der Waals surface area (Å²) in [4.78, 5) is 4.18. The third-order valence-corrected chi connectivity index (χ3v) is 3.84. The van der Waals surface area contributed by atoms with Crippen LogP contribution in [-0.2, 0) is 4.74 Å². The summed E-state index contributed by atoms with van der Waals surface area (Å²) in [5, 5.41) is 7.00. The molecule has 1 aliphatic rings. The van der Waals surface area contributed by atoms with Gasteiger partial charge in [0.15, 0.2) is 5.96 Å². The monoisotopic (exact) mass is 313 g/mol. The maximum Gasteiger partial charge on any atom is 0.191 e. The van der Waals surface area contributed by atoms with Crippen molar-refractivity contribution in [2.45, 2.75) is 31.3 Å². The molecule has 2 N–H and O–H groups in total. The predicted octanol–water partition coefficient (Wildman–Crippen LogP) is 2.53. The first kappa shape index (κ1) is 16.0. The van der Waals surface area contributed by atoms with E-state index in [-0.39, 0.29) is 23.8 Å². The fourth-order valence-corrected chi connectivity index (χ4v) is 2.71. The number of nitrogens with one attached hydrogen (secondary N) is 2. The van der Waals surface area contributed by atoms with Gasteiger partial charge in [-0.2, -0.15) is 0 Å². The highest BCUT2D eigenvalue weighted by Gasteiger charge is 2.41. The van der Waals surface area contributed by atoms with E-state index in [0.29, 0.717) is 23.2 Å². The van der Waals surface area contributed by atoms with Crippen molar-refractivity contribution in [3.05, 3.63) is 34.6 Å². The van der Waals surface area contributed by atoms with Gasteiger partial charge in [-0.3, -0.25) is 4.99 Å². The van der Waals surface area contributed by atoms with E-state index in [1.807, 2.05) is 6.92 Å². The summed E-state index contributed by atoms with van der Waals surface area (Å²) < 4.78 is 18.9. The van der Waals surface area contributed by atoms with Gasteiger partial charge in [-0.05, 0) is 25.5 Å². The van der Waals surface area contributed by atoms with E-state index < -0.39 is 0 Å². The molecule has 0 spiro atoms. The third-order valence-electron chi connectivity index (χ3n) is 3.51. The van der Waals surface area contributed by atoms with Crippen molar-refractivity contribution in [2.75, 3.05) is 20.8 Å². The molecule has 21 heavy (non-hydrogen) atoms. The molecule has 116 valence electrons. The zero-order valence-electron chi connectivity index (χ0n) is 12.5. The van der Waals surface area contributed by atoms with E-state index in [4.69, 9.17) is 16.3 Å². The number of halogens is 2. The summed E-state index contributed by atoms with van der Waals surface area (Å²) in [6.45, 7) is 2.60. The van der Waals surface area contributed by atoms with E-state index >= 15 is 0 Å². The average molecular weight is 314 g/mol. The van der Waals surface area contributed by atoms with E-state index in [9.17, 15) is 4.39 Å². The van der Waals surface area contributed by atoms with Crippen molar-refractivity contribution in [3.63, 3.8) is 0 Å². The normalized spacial score (nSPS) is 22.8. The summed E-state index contributed by atoms with van der Waals surface area (Å²) >= 11 is 6.10. The molecule has 1 aliphatic carbocycles. The number of nitrogens with zero attached hydrogens (tertiary/aromatic N) is 1. The predicted molar refractivity (Wildman–Crippen MR) is 83.5 cm³/mol. The smallest absolute Gasteiger partial charge is 0.191 e. The van der Waals surface area contributed by atoms with Crippen LogP contribution in [0.5, 0.6) is 0 Å². The lowest BCUT2D eigenvalue weighted by atomic mass is 10.1. The van der Waals surface area contributed by atoms with Crippen LogP contribution in [0.4, 0.5) is 4.39 Å². The standard InChI is InChI=1S/C15H21ClFN3O/c1-9(8-21-3)19-15(18-2)20-13-7-10(13)14-11(16)5-4-6-12(14)17/h4-6,9-10,13H,7-8H2,1-3H3,(H2,18,19,20). The zero-order chi connectivity index (χ0) is 15.4. The SMILES string of the molecule is CN=C(NC(C)COC)NC1CC1c1c(F)cccc1Cl. The molecule has 1 fully saturated rings. The van der Waals surface area contributed by atoms with Crippen LogP contribution in [0.1, 0.15) is 24.8 Å². The molecule has 1 aromatic carbocycles. The van der Waals surface area contributed by atoms with Crippen molar-refractivity contribution in [2.24, 2.45) is 4.99 Å². The molecule has 0 aliphatic heterocycles. The summed E-state index contributed by atoms with van der Waals surface area (Å²) in [7, 11) is 3.37. The lowest BCUT2D eigenvalue weighted by molar-refractivity contribution is 0.179. The second kappa shape index (κ2) is 7.09. The van der Waals surface area contributed by atoms with Crippen LogP contribution in [0.25, 0.3) is 0 Å². The van der Waals surface area contributed by atoms with Gasteiger partial charge in [0.25, 0.3) is 0 Å². The lowest BCUT2D eigenvalue weighted by Crippen LogP contribution is -2.45. The Morgan fingerprint density at radius 3 is 2.95 bits per heavy atom. The average Bonchev–Trinajstić information content (AvgIpc) is 3.17. The van der Waals surface area contributed by atoms with Crippen molar-refractivity contribution in [1.82, 2.24) is 10.6 Å². The number of guanidine groups is 1. The summed E-state index contributed by atoms with van der Waals surface area (Å²) in [5.41, 5.74) is 0.594. The van der Waals surface area contributed by atoms with Crippen LogP contribution in [0.15, 0.2) is 23.2 Å². The molecular weight excluding hydrogens is 293 g/mol. The van der Waals surface area contributed by atoms with E-state index in [2.05, 4.69) is 15.6 Å². The molecule has 3 atom stereocenters. The Morgan fingerprint density at radius 1 is 1.57 bits per heavy atom. The second-order valence-corrected chi connectivity index (χ2v) is 5.71. The number of benzene rings is 1. The molecule has 3 unspecified atom stereocenters. The highest BCUT2D eigenvalue weighted by Crippen LogP contribution is 2.44. The minimum Gasteiger partial charge on any atom is -0.383 e. The first-order valence-corrected chi connectivity index (χ1v) is 7.37. The van der Waals surface area contributed by atoms with Gasteiger partial charge in [0, 0.05) is 42.7 Å². The number of rotatable bonds is 5. The van der Waals surface area contributed by atoms with E-state index in [1.165, 1.54) is 6.07 Å². The molecule has 2 rings (SSSR count). The Bertz CT molecular complexity index is 503. The lowest BCUT2D eigenvalue weighted by Gasteiger charge is -2.17. The molecule has 4 nitrogen and oxygen atoms in total. The Kier molecular flexibility index (Phi) is 5.42. The molecule has 6 heteroatoms. The maximum atomic E-state index is 13.9. The Morgan fingerprint density at radius 2 is 2.33 bits per heavy atom. The molecule has 1 saturated carbocycles. The van der Waals surface area contributed by atoms with Crippen LogP contribution in [-0.4, -0.2) is 38.8 Å². The van der Waals surface area contributed by atoms with Crippen molar-refractivity contribution in [1.29, 1.82) is 0 Å². The van der Waals surface area contributed by atoms with Crippen LogP contribution in [0.2, 0.25) is 5.02 Å². The van der Waals surface area contributed by atoms with Crippen molar-refractivity contribution >= 4 is 17.6 Å². The molecule has 0 aromatic heterocycles. The van der Waals surface area contributed by atoms with Gasteiger partial charge in [0.05, 0.1) is 6.61 Å². The number of aliphatic imine (C=N–C) groups is 1. The summed E-state index contributed by atoms with van der Waals surface area (Å²) in [6.07, 6.45) is 0.847. The van der Waals surface area contributed by atoms with Crippen LogP contribution in [0.3, 0.4) is 0 Å². The van der Waals surface area contributed by atoms with Gasteiger partial charge in [0.1, 0.15) is 5.82 Å². The van der Waals surface area contributed by atoms with Crippen LogP contribution in [0, 0.1) is 5.82 Å².